The number of anilines is 2. The molecule has 1 fully saturated rings. The molecule has 1 amide bonds. The molecule has 25 heavy (non-hydrogen) atoms. The van der Waals surface area contributed by atoms with E-state index in [2.05, 4.69) is 27.1 Å². The Balaban J connectivity index is 1.68. The number of thiophene rings is 1. The third-order valence-electron chi connectivity index (χ3n) is 4.67. The molecule has 0 bridgehead atoms. The van der Waals surface area contributed by atoms with Crippen LogP contribution >= 0.6 is 11.3 Å². The molecule has 0 unspecified atom stereocenters. The zero-order chi connectivity index (χ0) is 17.9. The molecule has 3 heterocycles. The van der Waals surface area contributed by atoms with Crippen molar-refractivity contribution >= 4 is 28.9 Å². The first kappa shape index (κ1) is 17.7. The third-order valence-corrected chi connectivity index (χ3v) is 5.54. The van der Waals surface area contributed by atoms with Crippen LogP contribution in [0.5, 0.6) is 0 Å². The lowest BCUT2D eigenvalue weighted by atomic mass is 9.81. The van der Waals surface area contributed by atoms with Crippen LogP contribution in [0.2, 0.25) is 0 Å². The predicted molar refractivity (Wildman–Crippen MR) is 102 cm³/mol. The number of piperidine rings is 1. The van der Waals surface area contributed by atoms with Crippen LogP contribution in [0.25, 0.3) is 0 Å². The van der Waals surface area contributed by atoms with Crippen molar-refractivity contribution in [1.29, 1.82) is 0 Å². The Morgan fingerprint density at radius 1 is 1.44 bits per heavy atom. The summed E-state index contributed by atoms with van der Waals surface area (Å²) in [6.07, 6.45) is 3.46. The largest absolute Gasteiger partial charge is 0.363 e. The first-order valence-electron chi connectivity index (χ1n) is 8.53. The first-order chi connectivity index (χ1) is 12.0. The molecule has 7 heteroatoms. The van der Waals surface area contributed by atoms with E-state index in [1.807, 2.05) is 42.6 Å². The summed E-state index contributed by atoms with van der Waals surface area (Å²) in [4.78, 5) is 26.8. The van der Waals surface area contributed by atoms with E-state index in [4.69, 9.17) is 0 Å². The van der Waals surface area contributed by atoms with E-state index in [0.29, 0.717) is 13.1 Å². The number of nitrogens with zero attached hydrogens (tertiary/aromatic N) is 4. The first-order valence-corrected chi connectivity index (χ1v) is 9.41. The predicted octanol–water partition coefficient (Wildman–Crippen LogP) is 2.53. The summed E-state index contributed by atoms with van der Waals surface area (Å²) in [6.45, 7) is 4.24. The van der Waals surface area contributed by atoms with Crippen LogP contribution in [0, 0.1) is 5.41 Å². The lowest BCUT2D eigenvalue weighted by molar-refractivity contribution is -0.130. The van der Waals surface area contributed by atoms with Crippen LogP contribution < -0.4 is 15.1 Å². The summed E-state index contributed by atoms with van der Waals surface area (Å²) in [5.74, 6) is 1.88. The Kier molecular flexibility index (Phi) is 5.22. The highest BCUT2D eigenvalue weighted by Crippen LogP contribution is 2.32. The molecule has 3 rings (SSSR count). The molecule has 6 nitrogen and oxygen atoms in total. The van der Waals surface area contributed by atoms with E-state index in [-0.39, 0.29) is 5.91 Å². The zero-order valence-corrected chi connectivity index (χ0v) is 15.8. The van der Waals surface area contributed by atoms with Gasteiger partial charge in [-0.1, -0.05) is 6.07 Å². The molecule has 0 aromatic carbocycles. The molecule has 2 aromatic heterocycles. The summed E-state index contributed by atoms with van der Waals surface area (Å²) in [6, 6.07) is 6.03. The second-order valence-corrected chi connectivity index (χ2v) is 8.01. The number of carbonyl (C=O) groups excluding carboxylic acids is 1. The van der Waals surface area contributed by atoms with E-state index in [1.165, 1.54) is 4.88 Å². The monoisotopic (exact) mass is 359 g/mol. The van der Waals surface area contributed by atoms with E-state index in [1.54, 1.807) is 17.7 Å². The molecule has 0 spiro atoms. The van der Waals surface area contributed by atoms with Gasteiger partial charge in [0, 0.05) is 38.1 Å². The van der Waals surface area contributed by atoms with Crippen molar-refractivity contribution in [2.75, 3.05) is 37.0 Å². The standard InChI is InChI=1S/C18H25N5OS/c1-18(17(24)19-11-14-6-4-9-25-14)7-5-8-23(12-18)16-10-15(22(2)3)20-13-21-16/h4,6,9-10,13H,5,7-8,11-12H2,1-3H3,(H,19,24)/t18-/m0/s1. The van der Waals surface area contributed by atoms with Gasteiger partial charge in [0.05, 0.1) is 12.0 Å². The normalized spacial score (nSPS) is 20.4. The fourth-order valence-electron chi connectivity index (χ4n) is 3.17. The van der Waals surface area contributed by atoms with Gasteiger partial charge in [0.2, 0.25) is 5.91 Å². The molecule has 1 aliphatic rings. The van der Waals surface area contributed by atoms with Gasteiger partial charge >= 0.3 is 0 Å². The quantitative estimate of drug-likeness (QED) is 0.889. The molecular weight excluding hydrogens is 334 g/mol. The van der Waals surface area contributed by atoms with Gasteiger partial charge in [0.25, 0.3) is 0 Å². The van der Waals surface area contributed by atoms with Crippen molar-refractivity contribution < 1.29 is 4.79 Å². The average molecular weight is 359 g/mol. The summed E-state index contributed by atoms with van der Waals surface area (Å²) in [7, 11) is 3.93. The van der Waals surface area contributed by atoms with Gasteiger partial charge in [0.15, 0.2) is 0 Å². The van der Waals surface area contributed by atoms with Crippen molar-refractivity contribution in [2.24, 2.45) is 5.41 Å². The lowest BCUT2D eigenvalue weighted by Gasteiger charge is -2.40. The Bertz CT molecular complexity index is 718. The second-order valence-electron chi connectivity index (χ2n) is 6.98. The fraction of sp³-hybridized carbons (Fsp3) is 0.500. The minimum absolute atomic E-state index is 0.118. The van der Waals surface area contributed by atoms with Crippen LogP contribution in [0.1, 0.15) is 24.6 Å². The zero-order valence-electron chi connectivity index (χ0n) is 15.0. The highest BCUT2D eigenvalue weighted by molar-refractivity contribution is 7.09. The SMILES string of the molecule is CN(C)c1cc(N2CCC[C@](C)(C(=O)NCc3cccs3)C2)ncn1. The van der Waals surface area contributed by atoms with E-state index in [0.717, 1.165) is 31.0 Å². The summed E-state index contributed by atoms with van der Waals surface area (Å²) >= 11 is 1.67. The van der Waals surface area contributed by atoms with Crippen molar-refractivity contribution in [2.45, 2.75) is 26.3 Å². The third kappa shape index (κ3) is 4.10. The Morgan fingerprint density at radius 2 is 2.28 bits per heavy atom. The van der Waals surface area contributed by atoms with E-state index in [9.17, 15) is 4.79 Å². The van der Waals surface area contributed by atoms with Crippen LogP contribution in [0.4, 0.5) is 11.6 Å². The number of hydrogen-bond acceptors (Lipinski definition) is 6. The van der Waals surface area contributed by atoms with Gasteiger partial charge in [-0.15, -0.1) is 11.3 Å². The molecule has 0 aliphatic carbocycles. The van der Waals surface area contributed by atoms with Gasteiger partial charge in [-0.2, -0.15) is 0 Å². The van der Waals surface area contributed by atoms with Crippen LogP contribution in [0.15, 0.2) is 29.9 Å². The average Bonchev–Trinajstić information content (AvgIpc) is 3.13. The summed E-state index contributed by atoms with van der Waals surface area (Å²) < 4.78 is 0. The van der Waals surface area contributed by atoms with E-state index >= 15 is 0 Å². The number of carbonyl (C=O) groups is 1. The van der Waals surface area contributed by atoms with Gasteiger partial charge in [-0.05, 0) is 31.2 Å². The maximum Gasteiger partial charge on any atom is 0.228 e. The minimum Gasteiger partial charge on any atom is -0.363 e. The molecule has 0 saturated carbocycles. The maximum atomic E-state index is 12.8. The molecule has 134 valence electrons. The molecule has 1 N–H and O–H groups in total. The smallest absolute Gasteiger partial charge is 0.228 e. The van der Waals surface area contributed by atoms with E-state index < -0.39 is 5.41 Å². The molecule has 1 saturated heterocycles. The number of nitrogens with one attached hydrogen (secondary N) is 1. The minimum atomic E-state index is -0.404. The van der Waals surface area contributed by atoms with Gasteiger partial charge < -0.3 is 15.1 Å². The maximum absolute atomic E-state index is 12.8. The van der Waals surface area contributed by atoms with Crippen LogP contribution in [-0.2, 0) is 11.3 Å². The molecule has 2 aromatic rings. The lowest BCUT2D eigenvalue weighted by Crippen LogP contribution is -2.50. The van der Waals surface area contributed by atoms with Crippen molar-refractivity contribution in [3.8, 4) is 0 Å². The summed E-state index contributed by atoms with van der Waals surface area (Å²) in [5, 5.41) is 5.13. The van der Waals surface area contributed by atoms with Gasteiger partial charge in [0.1, 0.15) is 18.0 Å². The van der Waals surface area contributed by atoms with Gasteiger partial charge in [-0.3, -0.25) is 4.79 Å². The highest BCUT2D eigenvalue weighted by Gasteiger charge is 2.38. The number of amides is 1. The van der Waals surface area contributed by atoms with Crippen molar-refractivity contribution in [1.82, 2.24) is 15.3 Å². The van der Waals surface area contributed by atoms with Crippen LogP contribution in [-0.4, -0.2) is 43.1 Å². The fourth-order valence-corrected chi connectivity index (χ4v) is 3.81. The van der Waals surface area contributed by atoms with Crippen LogP contribution in [0.3, 0.4) is 0 Å². The van der Waals surface area contributed by atoms with Crippen molar-refractivity contribution in [3.63, 3.8) is 0 Å². The summed E-state index contributed by atoms with van der Waals surface area (Å²) in [5.41, 5.74) is -0.404. The van der Waals surface area contributed by atoms with Crippen molar-refractivity contribution in [3.05, 3.63) is 34.8 Å². The Morgan fingerprint density at radius 3 is 3.00 bits per heavy atom. The second kappa shape index (κ2) is 7.39. The Hall–Kier alpha value is -2.15. The topological polar surface area (TPSA) is 61.4 Å². The highest BCUT2D eigenvalue weighted by atomic mass is 32.1. The molecule has 1 atom stereocenters. The molecule has 0 radical (unpaired) electrons. The van der Waals surface area contributed by atoms with Gasteiger partial charge in [-0.25, -0.2) is 9.97 Å². The number of hydrogen-bond donors (Lipinski definition) is 1. The Labute approximate surface area is 152 Å². The molecular formula is C18H25N5OS. The molecule has 1 aliphatic heterocycles. The number of aromatic nitrogens is 2. The number of rotatable bonds is 5.